The van der Waals surface area contributed by atoms with E-state index in [1.165, 1.54) is 0 Å². The molecule has 0 amide bonds. The van der Waals surface area contributed by atoms with Gasteiger partial charge < -0.3 is 19.2 Å². The Hall–Kier alpha value is -3.03. The van der Waals surface area contributed by atoms with Crippen molar-refractivity contribution in [2.24, 2.45) is 0 Å². The van der Waals surface area contributed by atoms with E-state index in [0.29, 0.717) is 18.1 Å². The quantitative estimate of drug-likeness (QED) is 0.499. The lowest BCUT2D eigenvalue weighted by atomic mass is 10.2. The largest absolute Gasteiger partial charge is 0.616 e. The normalized spacial score (nSPS) is 14.9. The third kappa shape index (κ3) is 4.13. The SMILES string of the molecule is [O-][S+]1CCN(c2ccc3nc(-c4ccc(OCc5ccccc5)cc4)[nH]c3n2)CC1. The van der Waals surface area contributed by atoms with Gasteiger partial charge in [-0.05, 0) is 42.0 Å². The Morgan fingerprint density at radius 1 is 0.933 bits per heavy atom. The van der Waals surface area contributed by atoms with Gasteiger partial charge in [0, 0.05) is 5.56 Å². The van der Waals surface area contributed by atoms with Crippen molar-refractivity contribution in [2.45, 2.75) is 6.61 Å². The van der Waals surface area contributed by atoms with Gasteiger partial charge in [0.2, 0.25) is 0 Å². The minimum absolute atomic E-state index is 0.543. The van der Waals surface area contributed by atoms with E-state index in [9.17, 15) is 4.55 Å². The molecule has 0 atom stereocenters. The molecule has 0 aliphatic carbocycles. The third-order valence-corrected chi connectivity index (χ3v) is 6.48. The Morgan fingerprint density at radius 2 is 1.70 bits per heavy atom. The second-order valence-electron chi connectivity index (χ2n) is 7.26. The first-order chi connectivity index (χ1) is 14.7. The van der Waals surface area contributed by atoms with E-state index in [2.05, 4.69) is 14.9 Å². The van der Waals surface area contributed by atoms with E-state index in [1.807, 2.05) is 66.7 Å². The smallest absolute Gasteiger partial charge is 0.160 e. The van der Waals surface area contributed by atoms with E-state index in [4.69, 9.17) is 9.72 Å². The van der Waals surface area contributed by atoms with Crippen molar-refractivity contribution in [1.29, 1.82) is 0 Å². The van der Waals surface area contributed by atoms with E-state index < -0.39 is 11.2 Å². The summed E-state index contributed by atoms with van der Waals surface area (Å²) in [6.07, 6.45) is 0. The van der Waals surface area contributed by atoms with Crippen LogP contribution in [0.3, 0.4) is 0 Å². The molecule has 0 unspecified atom stereocenters. The molecule has 4 aromatic rings. The highest BCUT2D eigenvalue weighted by Crippen LogP contribution is 2.24. The monoisotopic (exact) mass is 418 g/mol. The number of nitrogens with zero attached hydrogens (tertiary/aromatic N) is 3. The molecular weight excluding hydrogens is 396 g/mol. The molecule has 1 aliphatic heterocycles. The van der Waals surface area contributed by atoms with Crippen LogP contribution in [-0.4, -0.2) is 44.1 Å². The van der Waals surface area contributed by atoms with Crippen LogP contribution in [0.5, 0.6) is 5.75 Å². The first-order valence-corrected chi connectivity index (χ1v) is 11.5. The maximum atomic E-state index is 11.6. The highest BCUT2D eigenvalue weighted by Gasteiger charge is 2.21. The highest BCUT2D eigenvalue weighted by molar-refractivity contribution is 7.91. The van der Waals surface area contributed by atoms with Crippen LogP contribution in [0.25, 0.3) is 22.6 Å². The van der Waals surface area contributed by atoms with Gasteiger partial charge in [-0.2, -0.15) is 0 Å². The molecule has 30 heavy (non-hydrogen) atoms. The van der Waals surface area contributed by atoms with Crippen LogP contribution in [0.15, 0.2) is 66.7 Å². The van der Waals surface area contributed by atoms with Crippen molar-refractivity contribution in [3.63, 3.8) is 0 Å². The van der Waals surface area contributed by atoms with Crippen molar-refractivity contribution in [2.75, 3.05) is 29.5 Å². The minimum Gasteiger partial charge on any atom is -0.616 e. The van der Waals surface area contributed by atoms with Crippen LogP contribution in [0.2, 0.25) is 0 Å². The maximum Gasteiger partial charge on any atom is 0.160 e. The van der Waals surface area contributed by atoms with Crippen LogP contribution in [0.1, 0.15) is 5.56 Å². The summed E-state index contributed by atoms with van der Waals surface area (Å²) < 4.78 is 17.5. The Kier molecular flexibility index (Phi) is 5.29. The summed E-state index contributed by atoms with van der Waals surface area (Å²) in [6, 6.07) is 22.0. The van der Waals surface area contributed by atoms with Crippen LogP contribution in [0.4, 0.5) is 5.82 Å². The number of aromatic nitrogens is 3. The van der Waals surface area contributed by atoms with E-state index in [1.54, 1.807) is 0 Å². The van der Waals surface area contributed by atoms with Crippen molar-refractivity contribution < 1.29 is 9.29 Å². The number of hydrogen-bond donors (Lipinski definition) is 1. The molecule has 7 heteroatoms. The lowest BCUT2D eigenvalue weighted by Crippen LogP contribution is -2.40. The number of imidazole rings is 1. The van der Waals surface area contributed by atoms with Gasteiger partial charge in [-0.25, -0.2) is 9.97 Å². The molecule has 1 saturated heterocycles. The Bertz CT molecular complexity index is 1120. The molecule has 1 aliphatic rings. The van der Waals surface area contributed by atoms with Crippen molar-refractivity contribution in [1.82, 2.24) is 15.0 Å². The molecule has 2 aromatic heterocycles. The summed E-state index contributed by atoms with van der Waals surface area (Å²) in [4.78, 5) is 14.9. The molecule has 5 rings (SSSR count). The number of benzene rings is 2. The summed E-state index contributed by atoms with van der Waals surface area (Å²) in [5, 5.41) is 0. The summed E-state index contributed by atoms with van der Waals surface area (Å²) in [5.74, 6) is 3.91. The number of nitrogens with one attached hydrogen (secondary N) is 1. The maximum absolute atomic E-state index is 11.6. The molecule has 2 aromatic carbocycles. The van der Waals surface area contributed by atoms with Gasteiger partial charge in [0.1, 0.15) is 41.0 Å². The third-order valence-electron chi connectivity index (χ3n) is 5.21. The lowest BCUT2D eigenvalue weighted by molar-refractivity contribution is 0.306. The summed E-state index contributed by atoms with van der Waals surface area (Å²) >= 11 is -0.697. The molecule has 1 fully saturated rings. The fourth-order valence-corrected chi connectivity index (χ4v) is 4.57. The second kappa shape index (κ2) is 8.38. The zero-order valence-corrected chi connectivity index (χ0v) is 17.3. The number of fused-ring (bicyclic) bond motifs is 1. The standard InChI is InChI=1S/C23H22N4O2S/c28-30-14-12-27(13-15-30)21-11-10-20-23(25-21)26-22(24-20)18-6-8-19(9-7-18)29-16-17-4-2-1-3-5-17/h1-11H,12-16H2,(H,24,25,26). The predicted octanol–water partition coefficient (Wildman–Crippen LogP) is 3.77. The molecule has 0 saturated carbocycles. The number of hydrogen-bond acceptors (Lipinski definition) is 5. The number of rotatable bonds is 5. The van der Waals surface area contributed by atoms with E-state index in [0.717, 1.165) is 52.8 Å². The molecule has 3 heterocycles. The molecule has 0 bridgehead atoms. The Labute approximate surface area is 178 Å². The van der Waals surface area contributed by atoms with E-state index in [-0.39, 0.29) is 0 Å². The molecule has 6 nitrogen and oxygen atoms in total. The van der Waals surface area contributed by atoms with Gasteiger partial charge in [-0.15, -0.1) is 0 Å². The Balaban J connectivity index is 1.30. The number of anilines is 1. The first-order valence-electron chi connectivity index (χ1n) is 9.98. The average molecular weight is 419 g/mol. The van der Waals surface area contributed by atoms with Crippen molar-refractivity contribution in [3.05, 3.63) is 72.3 Å². The van der Waals surface area contributed by atoms with Gasteiger partial charge in [0.15, 0.2) is 5.65 Å². The number of pyridine rings is 1. The molecule has 0 radical (unpaired) electrons. The zero-order chi connectivity index (χ0) is 20.3. The van der Waals surface area contributed by atoms with Crippen molar-refractivity contribution >= 4 is 28.2 Å². The number of ether oxygens (including phenoxy) is 1. The van der Waals surface area contributed by atoms with Gasteiger partial charge in [0.05, 0.1) is 13.1 Å². The van der Waals surface area contributed by atoms with Gasteiger partial charge in [-0.3, -0.25) is 0 Å². The Morgan fingerprint density at radius 3 is 2.47 bits per heavy atom. The minimum atomic E-state index is -0.697. The fraction of sp³-hybridized carbons (Fsp3) is 0.217. The van der Waals surface area contributed by atoms with Gasteiger partial charge >= 0.3 is 0 Å². The summed E-state index contributed by atoms with van der Waals surface area (Å²) in [5.41, 5.74) is 3.72. The number of aromatic amines is 1. The van der Waals surface area contributed by atoms with Crippen LogP contribution in [0, 0.1) is 0 Å². The highest BCUT2D eigenvalue weighted by atomic mass is 32.2. The van der Waals surface area contributed by atoms with Gasteiger partial charge in [-0.1, -0.05) is 41.5 Å². The fourth-order valence-electron chi connectivity index (χ4n) is 3.51. The zero-order valence-electron chi connectivity index (χ0n) is 16.5. The first kappa shape index (κ1) is 19.0. The summed E-state index contributed by atoms with van der Waals surface area (Å²) in [7, 11) is 0. The van der Waals surface area contributed by atoms with Crippen LogP contribution < -0.4 is 9.64 Å². The molecular formula is C23H22N4O2S. The lowest BCUT2D eigenvalue weighted by Gasteiger charge is -2.28. The predicted molar refractivity (Wildman–Crippen MR) is 120 cm³/mol. The topological polar surface area (TPSA) is 77.1 Å². The molecule has 1 N–H and O–H groups in total. The van der Waals surface area contributed by atoms with Crippen molar-refractivity contribution in [3.8, 4) is 17.1 Å². The number of H-pyrrole nitrogens is 1. The van der Waals surface area contributed by atoms with Crippen LogP contribution in [-0.2, 0) is 17.8 Å². The van der Waals surface area contributed by atoms with Gasteiger partial charge in [0.25, 0.3) is 0 Å². The van der Waals surface area contributed by atoms with Crippen LogP contribution >= 0.6 is 0 Å². The molecule has 152 valence electrons. The second-order valence-corrected chi connectivity index (χ2v) is 8.95. The van der Waals surface area contributed by atoms with E-state index >= 15 is 0 Å². The summed E-state index contributed by atoms with van der Waals surface area (Å²) in [6.45, 7) is 2.09. The average Bonchev–Trinajstić information content (AvgIpc) is 3.23. The molecule has 0 spiro atoms.